The summed E-state index contributed by atoms with van der Waals surface area (Å²) in [5.41, 5.74) is 2.63. The Kier molecular flexibility index (Phi) is 5.30. The minimum atomic E-state index is -0.299. The molecule has 4 nitrogen and oxygen atoms in total. The molecule has 0 aliphatic rings. The van der Waals surface area contributed by atoms with E-state index in [9.17, 15) is 9.65 Å². The normalized spacial score (nSPS) is 11.1. The van der Waals surface area contributed by atoms with Gasteiger partial charge < -0.3 is 9.47 Å². The van der Waals surface area contributed by atoms with Gasteiger partial charge in [0.25, 0.3) is 0 Å². The van der Waals surface area contributed by atoms with Gasteiger partial charge in [-0.05, 0) is 48.5 Å². The summed E-state index contributed by atoms with van der Waals surface area (Å²) in [5.74, 6) is 1.00. The molecule has 0 aliphatic carbocycles. The third kappa shape index (κ3) is 3.73. The zero-order valence-electron chi connectivity index (χ0n) is 14.2. The maximum Gasteiger partial charge on any atom is 0.134 e. The summed E-state index contributed by atoms with van der Waals surface area (Å²) >= 11 is 1.36. The third-order valence-electron chi connectivity index (χ3n) is 3.73. The number of hydrogen-bond donors (Lipinski definition) is 0. The lowest BCUT2D eigenvalue weighted by Gasteiger charge is -2.07. The summed E-state index contributed by atoms with van der Waals surface area (Å²) in [6.07, 6.45) is 1.72. The molecule has 0 atom stereocenters. The second-order valence-corrected chi connectivity index (χ2v) is 6.18. The van der Waals surface area contributed by atoms with Gasteiger partial charge in [-0.1, -0.05) is 0 Å². The summed E-state index contributed by atoms with van der Waals surface area (Å²) in [7, 11) is 3.15. The van der Waals surface area contributed by atoms with Crippen molar-refractivity contribution in [1.29, 1.82) is 5.26 Å². The van der Waals surface area contributed by atoms with E-state index in [-0.39, 0.29) is 5.82 Å². The number of hydrogen-bond acceptors (Lipinski definition) is 5. The molecule has 6 heteroatoms. The van der Waals surface area contributed by atoms with Gasteiger partial charge in [-0.15, -0.1) is 11.3 Å². The Morgan fingerprint density at radius 3 is 2.58 bits per heavy atom. The molecule has 0 spiro atoms. The van der Waals surface area contributed by atoms with Crippen molar-refractivity contribution in [1.82, 2.24) is 4.98 Å². The van der Waals surface area contributed by atoms with Crippen molar-refractivity contribution in [3.8, 4) is 28.8 Å². The van der Waals surface area contributed by atoms with Crippen LogP contribution < -0.4 is 9.47 Å². The first-order valence-corrected chi connectivity index (χ1v) is 8.58. The Hall–Kier alpha value is -3.17. The van der Waals surface area contributed by atoms with Crippen LogP contribution >= 0.6 is 11.3 Å². The minimum absolute atomic E-state index is 0.299. The van der Waals surface area contributed by atoms with E-state index in [0.29, 0.717) is 27.8 Å². The van der Waals surface area contributed by atoms with Gasteiger partial charge in [-0.25, -0.2) is 9.37 Å². The highest BCUT2D eigenvalue weighted by molar-refractivity contribution is 7.11. The second-order valence-electron chi connectivity index (χ2n) is 5.32. The zero-order valence-corrected chi connectivity index (χ0v) is 15.0. The van der Waals surface area contributed by atoms with Crippen LogP contribution in [0.25, 0.3) is 22.9 Å². The Bertz CT molecular complexity index is 988. The maximum absolute atomic E-state index is 13.1. The van der Waals surface area contributed by atoms with Gasteiger partial charge in [0.2, 0.25) is 0 Å². The highest BCUT2D eigenvalue weighted by Gasteiger charge is 2.11. The number of aromatic nitrogens is 1. The number of ether oxygens (including phenoxy) is 2. The van der Waals surface area contributed by atoms with Crippen LogP contribution in [-0.4, -0.2) is 19.2 Å². The SMILES string of the molecule is COc1ccc(OC)c(/C=C(/C#N)c2nc(-c3ccc(F)cc3)cs2)c1. The van der Waals surface area contributed by atoms with Gasteiger partial charge in [-0.3, -0.25) is 0 Å². The van der Waals surface area contributed by atoms with Gasteiger partial charge in [0.05, 0.1) is 25.5 Å². The average Bonchev–Trinajstić information content (AvgIpc) is 3.16. The Balaban J connectivity index is 1.99. The van der Waals surface area contributed by atoms with Crippen molar-refractivity contribution < 1.29 is 13.9 Å². The molecule has 0 radical (unpaired) electrons. The van der Waals surface area contributed by atoms with Crippen molar-refractivity contribution in [3.63, 3.8) is 0 Å². The quantitative estimate of drug-likeness (QED) is 0.594. The van der Waals surface area contributed by atoms with E-state index >= 15 is 0 Å². The first kappa shape index (κ1) is 17.6. The van der Waals surface area contributed by atoms with Crippen LogP contribution in [0.2, 0.25) is 0 Å². The lowest BCUT2D eigenvalue weighted by molar-refractivity contribution is 0.402. The lowest BCUT2D eigenvalue weighted by Crippen LogP contribution is -1.90. The predicted octanol–water partition coefficient (Wildman–Crippen LogP) is 5.03. The predicted molar refractivity (Wildman–Crippen MR) is 101 cm³/mol. The average molecular weight is 366 g/mol. The number of benzene rings is 2. The first-order valence-electron chi connectivity index (χ1n) is 7.70. The molecule has 1 aromatic heterocycles. The van der Waals surface area contributed by atoms with Gasteiger partial charge in [0.15, 0.2) is 0 Å². The number of allylic oxidation sites excluding steroid dienone is 1. The number of thiazole rings is 1. The van der Waals surface area contributed by atoms with Crippen molar-refractivity contribution in [2.24, 2.45) is 0 Å². The fourth-order valence-corrected chi connectivity index (χ4v) is 3.19. The number of methoxy groups -OCH3 is 2. The van der Waals surface area contributed by atoms with Crippen LogP contribution in [0.4, 0.5) is 4.39 Å². The third-order valence-corrected chi connectivity index (χ3v) is 4.61. The molecule has 3 aromatic rings. The highest BCUT2D eigenvalue weighted by Crippen LogP contribution is 2.31. The molecule has 0 saturated heterocycles. The largest absolute Gasteiger partial charge is 0.497 e. The number of halogens is 1. The van der Waals surface area contributed by atoms with Crippen molar-refractivity contribution in [2.75, 3.05) is 14.2 Å². The number of nitriles is 1. The van der Waals surface area contributed by atoms with E-state index in [1.807, 2.05) is 5.38 Å². The van der Waals surface area contributed by atoms with Gasteiger partial charge >= 0.3 is 0 Å². The molecular formula is C20H15FN2O2S. The molecule has 0 unspecified atom stereocenters. The first-order chi connectivity index (χ1) is 12.6. The highest BCUT2D eigenvalue weighted by atomic mass is 32.1. The molecule has 0 saturated carbocycles. The van der Waals surface area contributed by atoms with Crippen LogP contribution in [0, 0.1) is 17.1 Å². The summed E-state index contributed by atoms with van der Waals surface area (Å²) in [6, 6.07) is 13.6. The summed E-state index contributed by atoms with van der Waals surface area (Å²) in [4.78, 5) is 4.51. The van der Waals surface area contributed by atoms with Gasteiger partial charge in [0.1, 0.15) is 28.4 Å². The molecule has 1 heterocycles. The van der Waals surface area contributed by atoms with Crippen LogP contribution in [-0.2, 0) is 0 Å². The van der Waals surface area contributed by atoms with Crippen LogP contribution in [0.5, 0.6) is 11.5 Å². The maximum atomic E-state index is 13.1. The van der Waals surface area contributed by atoms with E-state index in [2.05, 4.69) is 11.1 Å². The fraction of sp³-hybridized carbons (Fsp3) is 0.100. The van der Waals surface area contributed by atoms with E-state index in [1.165, 1.54) is 23.5 Å². The Morgan fingerprint density at radius 2 is 1.92 bits per heavy atom. The second kappa shape index (κ2) is 7.81. The molecule has 130 valence electrons. The topological polar surface area (TPSA) is 55.1 Å². The monoisotopic (exact) mass is 366 g/mol. The van der Waals surface area contributed by atoms with E-state index in [0.717, 1.165) is 11.1 Å². The minimum Gasteiger partial charge on any atom is -0.497 e. The molecule has 26 heavy (non-hydrogen) atoms. The zero-order chi connectivity index (χ0) is 18.5. The van der Waals surface area contributed by atoms with Crippen molar-refractivity contribution in [2.45, 2.75) is 0 Å². The summed E-state index contributed by atoms with van der Waals surface area (Å²) in [5, 5.41) is 12.0. The van der Waals surface area contributed by atoms with Crippen molar-refractivity contribution in [3.05, 3.63) is 64.2 Å². The van der Waals surface area contributed by atoms with Gasteiger partial charge in [-0.2, -0.15) is 5.26 Å². The van der Waals surface area contributed by atoms with Crippen molar-refractivity contribution >= 4 is 23.0 Å². The molecule has 0 aliphatic heterocycles. The van der Waals surface area contributed by atoms with Crippen LogP contribution in [0.1, 0.15) is 10.6 Å². The number of nitrogens with zero attached hydrogens (tertiary/aromatic N) is 2. The summed E-state index contributed by atoms with van der Waals surface area (Å²) < 4.78 is 23.7. The molecular weight excluding hydrogens is 351 g/mol. The molecule has 0 N–H and O–H groups in total. The van der Waals surface area contributed by atoms with Gasteiger partial charge in [0, 0.05) is 16.5 Å². The smallest absolute Gasteiger partial charge is 0.134 e. The molecule has 0 amide bonds. The molecule has 0 fully saturated rings. The fourth-order valence-electron chi connectivity index (χ4n) is 2.40. The van der Waals surface area contributed by atoms with Crippen LogP contribution in [0.15, 0.2) is 47.8 Å². The Morgan fingerprint density at radius 1 is 1.15 bits per heavy atom. The standard InChI is InChI=1S/C20H15FN2O2S/c1-24-17-7-8-19(25-2)14(10-17)9-15(11-22)20-23-18(12-26-20)13-3-5-16(21)6-4-13/h3-10,12H,1-2H3/b15-9-. The van der Waals surface area contributed by atoms with E-state index in [1.54, 1.807) is 50.6 Å². The molecule has 2 aromatic carbocycles. The van der Waals surface area contributed by atoms with E-state index < -0.39 is 0 Å². The molecule has 0 bridgehead atoms. The summed E-state index contributed by atoms with van der Waals surface area (Å²) in [6.45, 7) is 0. The molecule has 3 rings (SSSR count). The van der Waals surface area contributed by atoms with Crippen LogP contribution in [0.3, 0.4) is 0 Å². The Labute approximate surface area is 154 Å². The number of rotatable bonds is 5. The lowest BCUT2D eigenvalue weighted by atomic mass is 10.1. The van der Waals surface area contributed by atoms with E-state index in [4.69, 9.17) is 9.47 Å².